The number of carbonyl (C=O) groups excluding carboxylic acids is 2. The first-order valence-electron chi connectivity index (χ1n) is 11.2. The molecule has 1 fully saturated rings. The molecule has 0 aromatic heterocycles. The van der Waals surface area contributed by atoms with Gasteiger partial charge in [-0.25, -0.2) is 0 Å². The number of methoxy groups -OCH3 is 3. The molecular formula is C28H26BrNO6. The summed E-state index contributed by atoms with van der Waals surface area (Å²) in [6.07, 6.45) is 0. The van der Waals surface area contributed by atoms with Crippen LogP contribution in [0.4, 0.5) is 5.69 Å². The van der Waals surface area contributed by atoms with E-state index in [0.717, 1.165) is 15.6 Å². The highest BCUT2D eigenvalue weighted by atomic mass is 79.9. The molecule has 0 saturated carbocycles. The molecule has 1 saturated heterocycles. The Morgan fingerprint density at radius 1 is 0.889 bits per heavy atom. The Kier molecular flexibility index (Phi) is 7.08. The Morgan fingerprint density at radius 3 is 2.03 bits per heavy atom. The number of ether oxygens (including phenoxy) is 3. The molecular weight excluding hydrogens is 526 g/mol. The second-order valence-electron chi connectivity index (χ2n) is 8.43. The first-order valence-corrected chi connectivity index (χ1v) is 11.9. The van der Waals surface area contributed by atoms with E-state index in [2.05, 4.69) is 15.9 Å². The molecule has 3 aromatic rings. The van der Waals surface area contributed by atoms with Gasteiger partial charge in [0.2, 0.25) is 5.75 Å². The lowest BCUT2D eigenvalue weighted by Gasteiger charge is -2.26. The van der Waals surface area contributed by atoms with Crippen molar-refractivity contribution in [1.29, 1.82) is 0 Å². The van der Waals surface area contributed by atoms with Gasteiger partial charge in [-0.3, -0.25) is 14.5 Å². The van der Waals surface area contributed by atoms with Gasteiger partial charge in [0.05, 0.1) is 32.9 Å². The lowest BCUT2D eigenvalue weighted by atomic mass is 9.94. The first-order chi connectivity index (χ1) is 17.2. The molecule has 0 radical (unpaired) electrons. The van der Waals surface area contributed by atoms with Crippen molar-refractivity contribution in [2.45, 2.75) is 19.9 Å². The van der Waals surface area contributed by atoms with E-state index in [0.29, 0.717) is 34.1 Å². The van der Waals surface area contributed by atoms with Crippen molar-refractivity contribution < 1.29 is 28.9 Å². The van der Waals surface area contributed by atoms with Crippen LogP contribution in [0.3, 0.4) is 0 Å². The number of benzene rings is 3. The zero-order valence-corrected chi connectivity index (χ0v) is 22.2. The van der Waals surface area contributed by atoms with Crippen LogP contribution >= 0.6 is 15.9 Å². The normalized spacial score (nSPS) is 16.8. The fourth-order valence-corrected chi connectivity index (χ4v) is 4.57. The van der Waals surface area contributed by atoms with Crippen LogP contribution in [0.25, 0.3) is 5.76 Å². The Labute approximate surface area is 218 Å². The van der Waals surface area contributed by atoms with Crippen LogP contribution in [-0.2, 0) is 9.59 Å². The van der Waals surface area contributed by atoms with E-state index in [1.54, 1.807) is 42.5 Å². The second-order valence-corrected chi connectivity index (χ2v) is 9.28. The van der Waals surface area contributed by atoms with Gasteiger partial charge in [-0.1, -0.05) is 39.7 Å². The lowest BCUT2D eigenvalue weighted by Crippen LogP contribution is -2.29. The standard InChI is InChI=1S/C28H26BrNO6/c1-15-6-9-19(10-7-15)30-24(18-13-21(34-3)27(36-5)22(14-18)35-4)23(26(32)28(30)33)25(31)17-8-11-20(29)16(2)12-17/h6-14,24,31H,1-5H3/b25-23+. The number of hydrogen-bond acceptors (Lipinski definition) is 6. The second kappa shape index (κ2) is 10.1. The van der Waals surface area contributed by atoms with Gasteiger partial charge in [-0.2, -0.15) is 0 Å². The average molecular weight is 552 g/mol. The SMILES string of the molecule is COc1cc(C2/C(=C(\O)c3ccc(Br)c(C)c3)C(=O)C(=O)N2c2ccc(C)cc2)cc(OC)c1OC. The maximum atomic E-state index is 13.4. The molecule has 1 heterocycles. The molecule has 186 valence electrons. The number of ketones is 1. The van der Waals surface area contributed by atoms with Gasteiger partial charge in [-0.15, -0.1) is 0 Å². The molecule has 7 nitrogen and oxygen atoms in total. The topological polar surface area (TPSA) is 85.3 Å². The quantitative estimate of drug-likeness (QED) is 0.239. The van der Waals surface area contributed by atoms with Crippen molar-refractivity contribution in [2.24, 2.45) is 0 Å². The number of Topliss-reactive ketones (excluding diaryl/α,β-unsaturated/α-hetero) is 1. The molecule has 1 aliphatic rings. The zero-order chi connectivity index (χ0) is 26.1. The number of amides is 1. The van der Waals surface area contributed by atoms with Crippen LogP contribution in [0.15, 0.2) is 64.6 Å². The third-order valence-electron chi connectivity index (χ3n) is 6.19. The average Bonchev–Trinajstić information content (AvgIpc) is 3.15. The maximum absolute atomic E-state index is 13.4. The minimum atomic E-state index is -0.939. The fraction of sp³-hybridized carbons (Fsp3) is 0.214. The van der Waals surface area contributed by atoms with E-state index >= 15 is 0 Å². The number of rotatable bonds is 6. The smallest absolute Gasteiger partial charge is 0.300 e. The van der Waals surface area contributed by atoms with E-state index in [-0.39, 0.29) is 11.3 Å². The van der Waals surface area contributed by atoms with Gasteiger partial charge in [0.1, 0.15) is 5.76 Å². The summed E-state index contributed by atoms with van der Waals surface area (Å²) in [5.74, 6) is -0.695. The van der Waals surface area contributed by atoms with Gasteiger partial charge in [0, 0.05) is 15.7 Å². The van der Waals surface area contributed by atoms with E-state index in [1.807, 2.05) is 26.0 Å². The summed E-state index contributed by atoms with van der Waals surface area (Å²) in [7, 11) is 4.47. The van der Waals surface area contributed by atoms with Crippen molar-refractivity contribution in [1.82, 2.24) is 0 Å². The number of aliphatic hydroxyl groups is 1. The number of anilines is 1. The molecule has 8 heteroatoms. The molecule has 36 heavy (non-hydrogen) atoms. The van der Waals surface area contributed by atoms with Crippen LogP contribution in [0.2, 0.25) is 0 Å². The predicted octanol–water partition coefficient (Wildman–Crippen LogP) is 5.72. The zero-order valence-electron chi connectivity index (χ0n) is 20.6. The minimum Gasteiger partial charge on any atom is -0.507 e. The largest absolute Gasteiger partial charge is 0.507 e. The van der Waals surface area contributed by atoms with E-state index in [1.165, 1.54) is 26.2 Å². The van der Waals surface area contributed by atoms with Crippen molar-refractivity contribution in [3.05, 3.63) is 86.9 Å². The molecule has 0 spiro atoms. The molecule has 1 N–H and O–H groups in total. The van der Waals surface area contributed by atoms with Crippen LogP contribution in [0.5, 0.6) is 17.2 Å². The van der Waals surface area contributed by atoms with Crippen molar-refractivity contribution in [2.75, 3.05) is 26.2 Å². The number of hydrogen-bond donors (Lipinski definition) is 1. The van der Waals surface area contributed by atoms with Gasteiger partial charge in [0.15, 0.2) is 11.5 Å². The molecule has 3 aromatic carbocycles. The van der Waals surface area contributed by atoms with E-state index in [9.17, 15) is 14.7 Å². The van der Waals surface area contributed by atoms with Gasteiger partial charge in [0.25, 0.3) is 11.7 Å². The summed E-state index contributed by atoms with van der Waals surface area (Å²) in [6, 6.07) is 14.9. The molecule has 1 unspecified atom stereocenters. The third kappa shape index (κ3) is 4.33. The predicted molar refractivity (Wildman–Crippen MR) is 141 cm³/mol. The van der Waals surface area contributed by atoms with E-state index < -0.39 is 17.7 Å². The summed E-state index contributed by atoms with van der Waals surface area (Å²) in [5.41, 5.74) is 3.31. The van der Waals surface area contributed by atoms with Gasteiger partial charge < -0.3 is 19.3 Å². The fourth-order valence-electron chi connectivity index (χ4n) is 4.33. The molecule has 0 aliphatic carbocycles. The van der Waals surface area contributed by atoms with Crippen molar-refractivity contribution in [3.63, 3.8) is 0 Å². The molecule has 4 rings (SSSR count). The number of carbonyl (C=O) groups is 2. The van der Waals surface area contributed by atoms with Crippen LogP contribution in [0, 0.1) is 13.8 Å². The van der Waals surface area contributed by atoms with Gasteiger partial charge >= 0.3 is 0 Å². The summed E-state index contributed by atoms with van der Waals surface area (Å²) < 4.78 is 17.4. The van der Waals surface area contributed by atoms with Gasteiger partial charge in [-0.05, 0) is 61.4 Å². The van der Waals surface area contributed by atoms with Crippen molar-refractivity contribution >= 4 is 39.1 Å². The highest BCUT2D eigenvalue weighted by Crippen LogP contribution is 2.47. The summed E-state index contributed by atoms with van der Waals surface area (Å²) in [6.45, 7) is 3.81. The Bertz CT molecular complexity index is 1350. The Balaban J connectivity index is 2.02. The maximum Gasteiger partial charge on any atom is 0.300 e. The number of nitrogens with zero attached hydrogens (tertiary/aromatic N) is 1. The Morgan fingerprint density at radius 2 is 1.50 bits per heavy atom. The minimum absolute atomic E-state index is 0.0310. The highest BCUT2D eigenvalue weighted by molar-refractivity contribution is 9.10. The Hall–Kier alpha value is -3.78. The summed E-state index contributed by atoms with van der Waals surface area (Å²) >= 11 is 3.46. The lowest BCUT2D eigenvalue weighted by molar-refractivity contribution is -0.132. The number of halogens is 1. The first kappa shape index (κ1) is 25.3. The third-order valence-corrected chi connectivity index (χ3v) is 7.08. The van der Waals surface area contributed by atoms with E-state index in [4.69, 9.17) is 14.2 Å². The molecule has 1 amide bonds. The summed E-state index contributed by atoms with van der Waals surface area (Å²) in [5, 5.41) is 11.4. The molecule has 1 aliphatic heterocycles. The van der Waals surface area contributed by atoms with Crippen molar-refractivity contribution in [3.8, 4) is 17.2 Å². The number of aliphatic hydroxyl groups excluding tert-OH is 1. The number of aryl methyl sites for hydroxylation is 2. The monoisotopic (exact) mass is 551 g/mol. The molecule has 1 atom stereocenters. The summed E-state index contributed by atoms with van der Waals surface area (Å²) in [4.78, 5) is 28.2. The molecule has 0 bridgehead atoms. The van der Waals surface area contributed by atoms with Crippen LogP contribution < -0.4 is 19.1 Å². The van der Waals surface area contributed by atoms with Crippen LogP contribution in [-0.4, -0.2) is 38.1 Å². The highest BCUT2D eigenvalue weighted by Gasteiger charge is 2.47. The van der Waals surface area contributed by atoms with Crippen LogP contribution in [0.1, 0.15) is 28.3 Å².